The molecule has 1 fully saturated rings. The quantitative estimate of drug-likeness (QED) is 0.540. The van der Waals surface area contributed by atoms with E-state index in [0.717, 1.165) is 25.7 Å². The minimum absolute atomic E-state index is 0. The van der Waals surface area contributed by atoms with Gasteiger partial charge in [0.25, 0.3) is 0 Å². The Hall–Kier alpha value is -2.10. The molecule has 1 unspecified atom stereocenters. The van der Waals surface area contributed by atoms with Crippen LogP contribution < -0.4 is 4.74 Å². The number of hydrogen-bond acceptors (Lipinski definition) is 4. The van der Waals surface area contributed by atoms with Gasteiger partial charge in [-0.3, -0.25) is 4.90 Å². The highest BCUT2D eigenvalue weighted by Gasteiger charge is 2.36. The van der Waals surface area contributed by atoms with Crippen molar-refractivity contribution in [2.75, 3.05) is 33.9 Å². The molecular formula is C20H22ClF4N3O2. The van der Waals surface area contributed by atoms with Gasteiger partial charge in [0.15, 0.2) is 17.3 Å². The molecule has 30 heavy (non-hydrogen) atoms. The second-order valence-corrected chi connectivity index (χ2v) is 7.16. The maximum atomic E-state index is 14.3. The Balaban J connectivity index is 0.00000256. The van der Waals surface area contributed by atoms with Crippen molar-refractivity contribution in [3.63, 3.8) is 0 Å². The van der Waals surface area contributed by atoms with Crippen LogP contribution in [-0.4, -0.2) is 54.4 Å². The predicted octanol–water partition coefficient (Wildman–Crippen LogP) is 4.50. The van der Waals surface area contributed by atoms with Gasteiger partial charge in [0.05, 0.1) is 24.2 Å². The Bertz CT molecular complexity index is 1050. The number of methoxy groups -OCH3 is 2. The Kier molecular flexibility index (Phi) is 6.45. The van der Waals surface area contributed by atoms with Gasteiger partial charge in [-0.05, 0) is 18.6 Å². The van der Waals surface area contributed by atoms with E-state index in [9.17, 15) is 17.6 Å². The average Bonchev–Trinajstić information content (AvgIpc) is 3.27. The molecule has 0 N–H and O–H groups in total. The van der Waals surface area contributed by atoms with E-state index in [4.69, 9.17) is 9.47 Å². The molecule has 0 saturated carbocycles. The van der Waals surface area contributed by atoms with Crippen LogP contribution in [0.5, 0.6) is 5.75 Å². The molecule has 0 amide bonds. The number of nitrogens with zero attached hydrogens (tertiary/aromatic N) is 3. The Morgan fingerprint density at radius 2 is 1.93 bits per heavy atom. The summed E-state index contributed by atoms with van der Waals surface area (Å²) in [4.78, 5) is 5.75. The summed E-state index contributed by atoms with van der Waals surface area (Å²) in [5.41, 5.74) is -0.522. The molecule has 1 saturated heterocycles. The van der Waals surface area contributed by atoms with E-state index in [-0.39, 0.29) is 29.8 Å². The van der Waals surface area contributed by atoms with Crippen LogP contribution in [0.15, 0.2) is 24.4 Å². The number of aromatic nitrogens is 2. The number of ether oxygens (including phenoxy) is 2. The molecule has 1 aromatic carbocycles. The van der Waals surface area contributed by atoms with Crippen molar-refractivity contribution in [3.05, 3.63) is 35.9 Å². The molecule has 5 nitrogen and oxygen atoms in total. The maximum Gasteiger partial charge on any atom is 0.435 e. The first-order valence-corrected chi connectivity index (χ1v) is 9.30. The third kappa shape index (κ3) is 3.93. The highest BCUT2D eigenvalue weighted by molar-refractivity contribution is 6.09. The highest BCUT2D eigenvalue weighted by Crippen LogP contribution is 2.39. The van der Waals surface area contributed by atoms with Gasteiger partial charge >= 0.3 is 6.18 Å². The molecule has 164 valence electrons. The summed E-state index contributed by atoms with van der Waals surface area (Å²) in [6, 6.07) is 4.17. The summed E-state index contributed by atoms with van der Waals surface area (Å²) in [6.07, 6.45) is -2.49. The van der Waals surface area contributed by atoms with Crippen LogP contribution in [0.1, 0.15) is 12.1 Å². The van der Waals surface area contributed by atoms with Gasteiger partial charge < -0.3 is 14.0 Å². The average molecular weight is 448 g/mol. The third-order valence-electron chi connectivity index (χ3n) is 5.52. The first-order chi connectivity index (χ1) is 13.8. The molecule has 1 aliphatic rings. The summed E-state index contributed by atoms with van der Waals surface area (Å²) in [7, 11) is 2.98. The second-order valence-electron chi connectivity index (χ2n) is 7.16. The van der Waals surface area contributed by atoms with Gasteiger partial charge in [0.1, 0.15) is 0 Å². The number of alkyl halides is 3. The lowest BCUT2D eigenvalue weighted by molar-refractivity contribution is -0.140. The Morgan fingerprint density at radius 3 is 2.57 bits per heavy atom. The topological polar surface area (TPSA) is 39.5 Å². The zero-order chi connectivity index (χ0) is 20.8. The van der Waals surface area contributed by atoms with Crippen LogP contribution in [0.2, 0.25) is 0 Å². The summed E-state index contributed by atoms with van der Waals surface area (Å²) < 4.78 is 67.4. The highest BCUT2D eigenvalue weighted by atomic mass is 35.5. The van der Waals surface area contributed by atoms with Gasteiger partial charge in [0.2, 0.25) is 0 Å². The van der Waals surface area contributed by atoms with Crippen molar-refractivity contribution in [2.45, 2.75) is 25.2 Å². The fourth-order valence-electron chi connectivity index (χ4n) is 4.08. The van der Waals surface area contributed by atoms with Crippen molar-refractivity contribution in [1.29, 1.82) is 0 Å². The monoisotopic (exact) mass is 447 g/mol. The number of halogens is 5. The lowest BCUT2D eigenvalue weighted by atomic mass is 10.1. The van der Waals surface area contributed by atoms with E-state index in [1.807, 2.05) is 0 Å². The van der Waals surface area contributed by atoms with Crippen LogP contribution in [0.25, 0.3) is 21.8 Å². The van der Waals surface area contributed by atoms with Crippen LogP contribution in [0, 0.1) is 5.82 Å². The van der Waals surface area contributed by atoms with E-state index >= 15 is 0 Å². The smallest absolute Gasteiger partial charge is 0.435 e. The van der Waals surface area contributed by atoms with E-state index < -0.39 is 17.7 Å². The SMILES string of the molecule is COc1cc2c(cc1F)c1ccnc(C(F)(F)F)c1n2CCN1CCC(OC)C1.Cl. The molecule has 3 heterocycles. The minimum Gasteiger partial charge on any atom is -0.494 e. The van der Waals surface area contributed by atoms with Crippen molar-refractivity contribution in [1.82, 2.24) is 14.5 Å². The van der Waals surface area contributed by atoms with Crippen molar-refractivity contribution >= 4 is 34.2 Å². The van der Waals surface area contributed by atoms with Gasteiger partial charge in [-0.1, -0.05) is 0 Å². The second kappa shape index (κ2) is 8.56. The number of benzene rings is 1. The van der Waals surface area contributed by atoms with E-state index in [1.54, 1.807) is 11.7 Å². The van der Waals surface area contributed by atoms with E-state index in [2.05, 4.69) is 9.88 Å². The first kappa shape index (κ1) is 22.6. The molecular weight excluding hydrogens is 426 g/mol. The van der Waals surface area contributed by atoms with Gasteiger partial charge in [-0.25, -0.2) is 9.37 Å². The first-order valence-electron chi connectivity index (χ1n) is 9.30. The van der Waals surface area contributed by atoms with Crippen molar-refractivity contribution in [3.8, 4) is 5.75 Å². The Labute approximate surface area is 177 Å². The zero-order valence-electron chi connectivity index (χ0n) is 16.5. The number of likely N-dealkylation sites (tertiary alicyclic amines) is 1. The fraction of sp³-hybridized carbons (Fsp3) is 0.450. The lowest BCUT2D eigenvalue weighted by Crippen LogP contribution is -2.27. The molecule has 10 heteroatoms. The molecule has 2 aromatic heterocycles. The summed E-state index contributed by atoms with van der Waals surface area (Å²) in [6.45, 7) is 2.40. The van der Waals surface area contributed by atoms with Crippen molar-refractivity contribution in [2.24, 2.45) is 0 Å². The van der Waals surface area contributed by atoms with Crippen LogP contribution in [-0.2, 0) is 17.5 Å². The van der Waals surface area contributed by atoms with Crippen LogP contribution in [0.4, 0.5) is 17.6 Å². The lowest BCUT2D eigenvalue weighted by Gasteiger charge is -2.18. The van der Waals surface area contributed by atoms with Gasteiger partial charge in [-0.15, -0.1) is 12.4 Å². The normalized spacial score (nSPS) is 17.6. The maximum absolute atomic E-state index is 14.3. The molecule has 0 bridgehead atoms. The van der Waals surface area contributed by atoms with Crippen LogP contribution >= 0.6 is 12.4 Å². The van der Waals surface area contributed by atoms with Crippen molar-refractivity contribution < 1.29 is 27.0 Å². The number of pyridine rings is 1. The third-order valence-corrected chi connectivity index (χ3v) is 5.52. The molecule has 1 atom stereocenters. The summed E-state index contributed by atoms with van der Waals surface area (Å²) in [5, 5.41) is 0.724. The fourth-order valence-corrected chi connectivity index (χ4v) is 4.08. The molecule has 0 radical (unpaired) electrons. The van der Waals surface area contributed by atoms with Gasteiger partial charge in [0, 0.05) is 56.3 Å². The largest absolute Gasteiger partial charge is 0.494 e. The van der Waals surface area contributed by atoms with Gasteiger partial charge in [-0.2, -0.15) is 13.2 Å². The van der Waals surface area contributed by atoms with E-state index in [0.29, 0.717) is 29.4 Å². The molecule has 1 aliphatic heterocycles. The number of hydrogen-bond donors (Lipinski definition) is 0. The summed E-state index contributed by atoms with van der Waals surface area (Å²) >= 11 is 0. The standard InChI is InChI=1S/C20H21F4N3O2.ClH/c1-28-12-4-6-26(11-12)7-8-27-16-10-17(29-2)15(21)9-14(16)13-3-5-25-19(18(13)27)20(22,23)24;/h3,5,9-10,12H,4,6-8,11H2,1-2H3;1H. The molecule has 0 aliphatic carbocycles. The van der Waals surface area contributed by atoms with E-state index in [1.165, 1.54) is 25.3 Å². The number of fused-ring (bicyclic) bond motifs is 3. The Morgan fingerprint density at radius 1 is 1.17 bits per heavy atom. The zero-order valence-corrected chi connectivity index (χ0v) is 17.3. The van der Waals surface area contributed by atoms with Crippen LogP contribution in [0.3, 0.4) is 0 Å². The predicted molar refractivity (Wildman–Crippen MR) is 108 cm³/mol. The summed E-state index contributed by atoms with van der Waals surface area (Å²) in [5.74, 6) is -0.629. The molecule has 4 rings (SSSR count). The minimum atomic E-state index is -4.62. The number of rotatable bonds is 5. The molecule has 0 spiro atoms. The molecule has 3 aromatic rings.